The van der Waals surface area contributed by atoms with E-state index in [1.54, 1.807) is 0 Å². The van der Waals surface area contributed by atoms with Gasteiger partial charge in [-0.1, -0.05) is 12.8 Å². The lowest BCUT2D eigenvalue weighted by Crippen LogP contribution is -2.44. The minimum atomic E-state index is -0.941. The van der Waals surface area contributed by atoms with Crippen LogP contribution in [0.5, 0.6) is 0 Å². The second kappa shape index (κ2) is 11.4. The second-order valence-corrected chi connectivity index (χ2v) is 15.7. The molecular weight excluding hydrogens is 536 g/mol. The van der Waals surface area contributed by atoms with Gasteiger partial charge in [-0.25, -0.2) is 0 Å². The minimum absolute atomic E-state index is 0.0543. The Morgan fingerprint density at radius 1 is 0.833 bits per heavy atom. The van der Waals surface area contributed by atoms with E-state index in [1.807, 2.05) is 34.6 Å². The average Bonchev–Trinajstić information content (AvgIpc) is 3.77. The third-order valence-corrected chi connectivity index (χ3v) is 11.9. The Kier molecular flexibility index (Phi) is 8.52. The van der Waals surface area contributed by atoms with Gasteiger partial charge in [0.2, 0.25) is 0 Å². The summed E-state index contributed by atoms with van der Waals surface area (Å²) in [6.07, 6.45) is 11.3. The molecule has 0 aromatic rings. The predicted molar refractivity (Wildman–Crippen MR) is 155 cm³/mol. The van der Waals surface area contributed by atoms with Crippen LogP contribution in [0.4, 0.5) is 0 Å². The fourth-order valence-corrected chi connectivity index (χ4v) is 8.66. The molecule has 1 aliphatic heterocycles. The summed E-state index contributed by atoms with van der Waals surface area (Å²) in [4.78, 5) is 52.5. The Morgan fingerprint density at radius 3 is 2.02 bits per heavy atom. The predicted octanol–water partition coefficient (Wildman–Crippen LogP) is 6.32. The zero-order valence-corrected chi connectivity index (χ0v) is 26.6. The molecule has 8 heteroatoms. The van der Waals surface area contributed by atoms with Crippen molar-refractivity contribution in [3.63, 3.8) is 0 Å². The molecule has 0 amide bonds. The van der Waals surface area contributed by atoms with Gasteiger partial charge in [0.05, 0.1) is 29.3 Å². The van der Waals surface area contributed by atoms with E-state index in [9.17, 15) is 19.2 Å². The normalized spacial score (nSPS) is 31.6. The Labute approximate surface area is 251 Å². The van der Waals surface area contributed by atoms with Crippen LogP contribution in [-0.2, 0) is 38.1 Å². The van der Waals surface area contributed by atoms with E-state index in [0.29, 0.717) is 38.0 Å². The monoisotopic (exact) mass is 588 g/mol. The standard InChI is InChI=1S/C34H52O8/c1-31(2,28(36)39-6)15-17-33(5,30(38)41-25-21-19-23-24(20-21)27(35)40-26(23)25)18-16-32(3,4)29(37)42-34(13-9-10-14-34)22-11-7-8-12-22/h21-26H,7-20H2,1-6H3. The van der Waals surface area contributed by atoms with Crippen molar-refractivity contribution in [2.24, 2.45) is 39.9 Å². The lowest BCUT2D eigenvalue weighted by molar-refractivity contribution is -0.179. The van der Waals surface area contributed by atoms with Crippen molar-refractivity contribution in [1.82, 2.24) is 0 Å². The molecule has 5 aliphatic rings. The quantitative estimate of drug-likeness (QED) is 0.193. The molecule has 0 aromatic heterocycles. The molecule has 236 valence electrons. The van der Waals surface area contributed by atoms with E-state index in [-0.39, 0.29) is 53.3 Å². The van der Waals surface area contributed by atoms with Gasteiger partial charge in [0.25, 0.3) is 0 Å². The zero-order chi connectivity index (χ0) is 30.5. The number of hydrogen-bond acceptors (Lipinski definition) is 8. The number of methoxy groups -OCH3 is 1. The summed E-state index contributed by atoms with van der Waals surface area (Å²) in [5.41, 5.74) is -2.84. The van der Waals surface area contributed by atoms with Crippen LogP contribution in [0.2, 0.25) is 0 Å². The van der Waals surface area contributed by atoms with Crippen LogP contribution >= 0.6 is 0 Å². The summed E-state index contributed by atoms with van der Waals surface area (Å²) in [5.74, 6) is -0.337. The van der Waals surface area contributed by atoms with Gasteiger partial charge in [-0.15, -0.1) is 0 Å². The van der Waals surface area contributed by atoms with Crippen molar-refractivity contribution in [3.05, 3.63) is 0 Å². The molecule has 2 bridgehead atoms. The maximum Gasteiger partial charge on any atom is 0.312 e. The van der Waals surface area contributed by atoms with Gasteiger partial charge in [-0.2, -0.15) is 0 Å². The summed E-state index contributed by atoms with van der Waals surface area (Å²) in [7, 11) is 1.37. The molecule has 4 aliphatic carbocycles. The molecular formula is C34H52O8. The first-order chi connectivity index (χ1) is 19.7. The number of fused-ring (bicyclic) bond motifs is 1. The van der Waals surface area contributed by atoms with Crippen molar-refractivity contribution < 1.29 is 38.1 Å². The molecule has 0 radical (unpaired) electrons. The summed E-state index contributed by atoms with van der Waals surface area (Å²) in [6, 6.07) is 0. The third-order valence-electron chi connectivity index (χ3n) is 11.9. The zero-order valence-electron chi connectivity index (χ0n) is 26.6. The van der Waals surface area contributed by atoms with Gasteiger partial charge in [0, 0.05) is 11.8 Å². The fraction of sp³-hybridized carbons (Fsp3) is 0.882. The van der Waals surface area contributed by atoms with E-state index < -0.39 is 22.3 Å². The SMILES string of the molecule is COC(=O)C(C)(C)CCC(C)(CCC(C)(C)C(=O)OC1(C2CCCC2)CCCC1)C(=O)OC1C2CC3C(=O)OC1C3C2. The molecule has 5 fully saturated rings. The van der Waals surface area contributed by atoms with Gasteiger partial charge in [0.1, 0.15) is 17.8 Å². The maximum atomic E-state index is 14.0. The molecule has 6 atom stereocenters. The van der Waals surface area contributed by atoms with Crippen molar-refractivity contribution in [2.75, 3.05) is 7.11 Å². The van der Waals surface area contributed by atoms with Gasteiger partial charge in [0.15, 0.2) is 0 Å². The van der Waals surface area contributed by atoms with Crippen molar-refractivity contribution in [2.45, 2.75) is 142 Å². The number of rotatable bonds is 12. The largest absolute Gasteiger partial charge is 0.469 e. The van der Waals surface area contributed by atoms with E-state index in [0.717, 1.165) is 44.9 Å². The van der Waals surface area contributed by atoms with E-state index >= 15 is 0 Å². The fourth-order valence-electron chi connectivity index (χ4n) is 8.66. The number of carbonyl (C=O) groups is 4. The van der Waals surface area contributed by atoms with Gasteiger partial charge >= 0.3 is 23.9 Å². The molecule has 8 nitrogen and oxygen atoms in total. The number of carbonyl (C=O) groups excluding carboxylic acids is 4. The highest BCUT2D eigenvalue weighted by Crippen LogP contribution is 2.56. The second-order valence-electron chi connectivity index (χ2n) is 15.7. The van der Waals surface area contributed by atoms with Crippen LogP contribution < -0.4 is 0 Å². The van der Waals surface area contributed by atoms with Crippen LogP contribution in [0, 0.1) is 39.9 Å². The number of hydrogen-bond donors (Lipinski definition) is 0. The van der Waals surface area contributed by atoms with Crippen molar-refractivity contribution in [1.29, 1.82) is 0 Å². The topological polar surface area (TPSA) is 105 Å². The van der Waals surface area contributed by atoms with Gasteiger partial charge in [-0.3, -0.25) is 19.2 Å². The highest BCUT2D eigenvalue weighted by Gasteiger charge is 2.63. The Balaban J connectivity index is 1.29. The lowest BCUT2D eigenvalue weighted by Gasteiger charge is -2.39. The van der Waals surface area contributed by atoms with Gasteiger partial charge < -0.3 is 18.9 Å². The molecule has 42 heavy (non-hydrogen) atoms. The van der Waals surface area contributed by atoms with Crippen LogP contribution in [0.3, 0.4) is 0 Å². The third kappa shape index (κ3) is 5.72. The Hall–Kier alpha value is -2.12. The summed E-state index contributed by atoms with van der Waals surface area (Å²) in [5, 5.41) is 0. The van der Waals surface area contributed by atoms with Crippen LogP contribution in [0.15, 0.2) is 0 Å². The molecule has 1 heterocycles. The van der Waals surface area contributed by atoms with Gasteiger partial charge in [-0.05, 0) is 118 Å². The first-order valence-corrected chi connectivity index (χ1v) is 16.4. The molecule has 0 spiro atoms. The minimum Gasteiger partial charge on any atom is -0.469 e. The van der Waals surface area contributed by atoms with E-state index in [2.05, 4.69) is 0 Å². The molecule has 5 rings (SSSR count). The van der Waals surface area contributed by atoms with Crippen LogP contribution in [0.25, 0.3) is 0 Å². The molecule has 0 aromatic carbocycles. The van der Waals surface area contributed by atoms with Crippen molar-refractivity contribution in [3.8, 4) is 0 Å². The molecule has 1 saturated heterocycles. The first-order valence-electron chi connectivity index (χ1n) is 16.4. The van der Waals surface area contributed by atoms with Crippen LogP contribution in [-0.4, -0.2) is 48.8 Å². The summed E-state index contributed by atoms with van der Waals surface area (Å²) in [6.45, 7) is 9.38. The van der Waals surface area contributed by atoms with Crippen LogP contribution in [0.1, 0.15) is 125 Å². The smallest absolute Gasteiger partial charge is 0.312 e. The number of ether oxygens (including phenoxy) is 4. The molecule has 0 N–H and O–H groups in total. The Morgan fingerprint density at radius 2 is 1.43 bits per heavy atom. The number of esters is 4. The summed E-state index contributed by atoms with van der Waals surface area (Å²) >= 11 is 0. The summed E-state index contributed by atoms with van der Waals surface area (Å²) < 4.78 is 23.3. The van der Waals surface area contributed by atoms with E-state index in [1.165, 1.54) is 20.0 Å². The highest BCUT2D eigenvalue weighted by atomic mass is 16.6. The molecule has 4 saturated carbocycles. The maximum absolute atomic E-state index is 14.0. The Bertz CT molecular complexity index is 1070. The lowest BCUT2D eigenvalue weighted by atomic mass is 9.72. The average molecular weight is 589 g/mol. The highest BCUT2D eigenvalue weighted by molar-refractivity contribution is 5.80. The van der Waals surface area contributed by atoms with E-state index in [4.69, 9.17) is 18.9 Å². The molecule has 6 unspecified atom stereocenters. The first kappa shape index (κ1) is 31.3. The van der Waals surface area contributed by atoms with Crippen molar-refractivity contribution >= 4 is 23.9 Å².